The van der Waals surface area contributed by atoms with Crippen molar-refractivity contribution in [2.75, 3.05) is 12.5 Å². The molecule has 2 aromatic rings. The molecule has 0 fully saturated rings. The van der Waals surface area contributed by atoms with E-state index in [0.29, 0.717) is 23.7 Å². The van der Waals surface area contributed by atoms with Gasteiger partial charge in [0.2, 0.25) is 5.91 Å². The summed E-state index contributed by atoms with van der Waals surface area (Å²) in [7, 11) is 0. The van der Waals surface area contributed by atoms with E-state index in [1.807, 2.05) is 36.6 Å². The molecule has 3 rings (SSSR count). The first kappa shape index (κ1) is 17.8. The molecular weight excluding hydrogens is 360 g/mol. The van der Waals surface area contributed by atoms with E-state index < -0.39 is 0 Å². The number of carbonyl (C=O) groups is 2. The number of hydrogen-bond donors (Lipinski definition) is 2. The highest BCUT2D eigenvalue weighted by Gasteiger charge is 2.34. The zero-order chi connectivity index (χ0) is 17.8. The van der Waals surface area contributed by atoms with Crippen molar-refractivity contribution < 1.29 is 14.3 Å². The number of ether oxygens (including phenoxy) is 1. The summed E-state index contributed by atoms with van der Waals surface area (Å²) in [6, 6.07) is 9.09. The van der Waals surface area contributed by atoms with E-state index in [-0.39, 0.29) is 29.8 Å². The van der Waals surface area contributed by atoms with Gasteiger partial charge in [-0.25, -0.2) is 0 Å². The summed E-state index contributed by atoms with van der Waals surface area (Å²) in [6.45, 7) is 2.39. The summed E-state index contributed by atoms with van der Waals surface area (Å²) < 4.78 is 5.50. The predicted octanol–water partition coefficient (Wildman–Crippen LogP) is 2.90. The molecule has 2 N–H and O–H groups in total. The fourth-order valence-corrected chi connectivity index (χ4v) is 3.95. The van der Waals surface area contributed by atoms with Crippen molar-refractivity contribution in [1.29, 1.82) is 0 Å². The van der Waals surface area contributed by atoms with E-state index in [9.17, 15) is 9.59 Å². The molecule has 0 aliphatic heterocycles. The number of hydrogen-bond acceptors (Lipinski definition) is 4. The average Bonchev–Trinajstić information content (AvgIpc) is 3.20. The molecule has 1 aromatic carbocycles. The van der Waals surface area contributed by atoms with Crippen molar-refractivity contribution in [3.8, 4) is 5.06 Å². The van der Waals surface area contributed by atoms with E-state index in [0.717, 1.165) is 11.1 Å². The number of rotatable bonds is 6. The van der Waals surface area contributed by atoms with Crippen molar-refractivity contribution in [1.82, 2.24) is 10.6 Å². The molecule has 0 saturated heterocycles. The molecule has 0 spiro atoms. The monoisotopic (exact) mass is 378 g/mol. The molecular formula is C18H19ClN2O3S. The zero-order valence-corrected chi connectivity index (χ0v) is 15.3. The van der Waals surface area contributed by atoms with Crippen LogP contribution in [0, 0.1) is 0 Å². The van der Waals surface area contributed by atoms with Gasteiger partial charge in [0.05, 0.1) is 24.3 Å². The van der Waals surface area contributed by atoms with Crippen LogP contribution in [0.25, 0.3) is 0 Å². The first-order valence-corrected chi connectivity index (χ1v) is 9.49. The fraction of sp³-hybridized carbons (Fsp3) is 0.333. The summed E-state index contributed by atoms with van der Waals surface area (Å²) in [4.78, 5) is 24.5. The Kier molecular flexibility index (Phi) is 5.60. The lowest BCUT2D eigenvalue weighted by atomic mass is 10.1. The van der Waals surface area contributed by atoms with E-state index in [1.54, 1.807) is 6.07 Å². The van der Waals surface area contributed by atoms with Gasteiger partial charge in [0.25, 0.3) is 5.91 Å². The molecule has 7 heteroatoms. The molecule has 0 bridgehead atoms. The molecule has 0 radical (unpaired) electrons. The average molecular weight is 379 g/mol. The van der Waals surface area contributed by atoms with Gasteiger partial charge in [-0.1, -0.05) is 24.3 Å². The first-order chi connectivity index (χ1) is 12.1. The summed E-state index contributed by atoms with van der Waals surface area (Å²) in [6.07, 6.45) is 0.656. The molecule has 132 valence electrons. The molecule has 0 saturated carbocycles. The topological polar surface area (TPSA) is 67.4 Å². The smallest absolute Gasteiger partial charge is 0.256 e. The Bertz CT molecular complexity index is 777. The van der Waals surface area contributed by atoms with Gasteiger partial charge in [-0.2, -0.15) is 0 Å². The number of halogens is 1. The second-order valence-electron chi connectivity index (χ2n) is 5.72. The second kappa shape index (κ2) is 7.89. The molecule has 1 aliphatic carbocycles. The SMILES string of the molecule is CCOc1sccc1C(=O)N[C@@H]1Cc2ccccc2[C@H]1NC(=O)CCl. The van der Waals surface area contributed by atoms with E-state index >= 15 is 0 Å². The van der Waals surface area contributed by atoms with Crippen molar-refractivity contribution in [2.24, 2.45) is 0 Å². The van der Waals surface area contributed by atoms with Crippen LogP contribution >= 0.6 is 22.9 Å². The van der Waals surface area contributed by atoms with Crippen LogP contribution in [0.5, 0.6) is 5.06 Å². The van der Waals surface area contributed by atoms with Crippen LogP contribution < -0.4 is 15.4 Å². The lowest BCUT2D eigenvalue weighted by Gasteiger charge is -2.23. The van der Waals surface area contributed by atoms with Crippen molar-refractivity contribution in [3.63, 3.8) is 0 Å². The van der Waals surface area contributed by atoms with Crippen LogP contribution in [0.15, 0.2) is 35.7 Å². The Morgan fingerprint density at radius 3 is 2.84 bits per heavy atom. The van der Waals surface area contributed by atoms with E-state index in [1.165, 1.54) is 11.3 Å². The number of amides is 2. The van der Waals surface area contributed by atoms with Gasteiger partial charge in [0, 0.05) is 0 Å². The van der Waals surface area contributed by atoms with E-state index in [4.69, 9.17) is 16.3 Å². The quantitative estimate of drug-likeness (QED) is 0.759. The Morgan fingerprint density at radius 2 is 2.08 bits per heavy atom. The zero-order valence-electron chi connectivity index (χ0n) is 13.8. The molecule has 0 unspecified atom stereocenters. The van der Waals surface area contributed by atoms with Crippen molar-refractivity contribution in [3.05, 3.63) is 52.4 Å². The lowest BCUT2D eigenvalue weighted by molar-refractivity contribution is -0.119. The number of carbonyl (C=O) groups excluding carboxylic acids is 2. The second-order valence-corrected chi connectivity index (χ2v) is 6.86. The summed E-state index contributed by atoms with van der Waals surface area (Å²) >= 11 is 7.03. The maximum Gasteiger partial charge on any atom is 0.256 e. The van der Waals surface area contributed by atoms with Crippen molar-refractivity contribution in [2.45, 2.75) is 25.4 Å². The normalized spacial score (nSPS) is 18.5. The number of fused-ring (bicyclic) bond motifs is 1. The van der Waals surface area contributed by atoms with Crippen LogP contribution in [0.3, 0.4) is 0 Å². The molecule has 5 nitrogen and oxygen atoms in total. The number of thiophene rings is 1. The highest BCUT2D eigenvalue weighted by atomic mass is 35.5. The highest BCUT2D eigenvalue weighted by Crippen LogP contribution is 2.32. The van der Waals surface area contributed by atoms with Crippen molar-refractivity contribution >= 4 is 34.8 Å². The van der Waals surface area contributed by atoms with Crippen LogP contribution in [-0.4, -0.2) is 30.3 Å². The fourth-order valence-electron chi connectivity index (χ4n) is 3.07. The van der Waals surface area contributed by atoms with Gasteiger partial charge in [-0.3, -0.25) is 9.59 Å². The Morgan fingerprint density at radius 1 is 1.28 bits per heavy atom. The Labute approximate surface area is 155 Å². The summed E-state index contributed by atoms with van der Waals surface area (Å²) in [5.41, 5.74) is 2.65. The number of benzene rings is 1. The van der Waals surface area contributed by atoms with Gasteiger partial charge in [-0.05, 0) is 35.9 Å². The minimum atomic E-state index is -0.291. The van der Waals surface area contributed by atoms with E-state index in [2.05, 4.69) is 10.6 Å². The largest absolute Gasteiger partial charge is 0.484 e. The van der Waals surface area contributed by atoms with Crippen LogP contribution in [-0.2, 0) is 11.2 Å². The third kappa shape index (κ3) is 3.80. The predicted molar refractivity (Wildman–Crippen MR) is 98.5 cm³/mol. The first-order valence-electron chi connectivity index (χ1n) is 8.08. The Hall–Kier alpha value is -2.05. The molecule has 2 amide bonds. The van der Waals surface area contributed by atoms with Gasteiger partial charge in [0.1, 0.15) is 5.88 Å². The van der Waals surface area contributed by atoms with Crippen LogP contribution in [0.4, 0.5) is 0 Å². The van der Waals surface area contributed by atoms with Gasteiger partial charge < -0.3 is 15.4 Å². The Balaban J connectivity index is 1.79. The number of alkyl halides is 1. The molecule has 1 aromatic heterocycles. The minimum absolute atomic E-state index is 0.113. The summed E-state index contributed by atoms with van der Waals surface area (Å²) in [5.74, 6) is -0.570. The summed E-state index contributed by atoms with van der Waals surface area (Å²) in [5, 5.41) is 8.39. The standard InChI is InChI=1S/C18H19ClN2O3S/c1-2-24-18-13(7-8-25-18)17(23)20-14-9-11-5-3-4-6-12(11)16(14)21-15(22)10-19/h3-8,14,16H,2,9-10H2,1H3,(H,20,23)(H,21,22)/t14-,16-/m1/s1. The molecule has 2 atom stereocenters. The maximum atomic E-state index is 12.7. The third-order valence-corrected chi connectivity index (χ3v) is 5.20. The third-order valence-electron chi connectivity index (χ3n) is 4.14. The van der Waals surface area contributed by atoms with Gasteiger partial charge in [-0.15, -0.1) is 22.9 Å². The minimum Gasteiger partial charge on any atom is -0.484 e. The van der Waals surface area contributed by atoms with Crippen LogP contribution in [0.2, 0.25) is 0 Å². The van der Waals surface area contributed by atoms with Gasteiger partial charge in [0.15, 0.2) is 5.06 Å². The van der Waals surface area contributed by atoms with Gasteiger partial charge >= 0.3 is 0 Å². The molecule has 1 aliphatic rings. The van der Waals surface area contributed by atoms with Crippen LogP contribution in [0.1, 0.15) is 34.5 Å². The molecule has 25 heavy (non-hydrogen) atoms. The molecule has 1 heterocycles. The maximum absolute atomic E-state index is 12.7. The lowest BCUT2D eigenvalue weighted by Crippen LogP contribution is -2.44. The highest BCUT2D eigenvalue weighted by molar-refractivity contribution is 7.12. The number of nitrogens with one attached hydrogen (secondary N) is 2.